The van der Waals surface area contributed by atoms with E-state index in [0.29, 0.717) is 36.0 Å². The Morgan fingerprint density at radius 1 is 1.04 bits per heavy atom. The predicted molar refractivity (Wildman–Crippen MR) is 101 cm³/mol. The van der Waals surface area contributed by atoms with E-state index in [1.807, 2.05) is 37.3 Å². The van der Waals surface area contributed by atoms with Crippen LogP contribution >= 0.6 is 0 Å². The minimum Gasteiger partial charge on any atom is -0.454 e. The van der Waals surface area contributed by atoms with Crippen LogP contribution in [-0.2, 0) is 6.42 Å². The summed E-state index contributed by atoms with van der Waals surface area (Å²) < 4.78 is 24.4. The number of fused-ring (bicyclic) bond motifs is 1. The Kier molecular flexibility index (Phi) is 4.74. The molecule has 1 aromatic heterocycles. The first kappa shape index (κ1) is 17.1. The summed E-state index contributed by atoms with van der Waals surface area (Å²) in [6.07, 6.45) is 0.550. The molecule has 2 N–H and O–H groups in total. The number of nitrogens with one attached hydrogen (secondary N) is 2. The maximum atomic E-state index is 13.7. The zero-order chi connectivity index (χ0) is 18.6. The number of hydrogen-bond acceptors (Lipinski definition) is 6. The average Bonchev–Trinajstić information content (AvgIpc) is 3.11. The third kappa shape index (κ3) is 4.08. The summed E-state index contributed by atoms with van der Waals surface area (Å²) in [6, 6.07) is 14.2. The van der Waals surface area contributed by atoms with Gasteiger partial charge in [0.25, 0.3) is 0 Å². The van der Waals surface area contributed by atoms with Gasteiger partial charge in [0.05, 0.1) is 0 Å². The van der Waals surface area contributed by atoms with E-state index in [4.69, 9.17) is 9.47 Å². The lowest BCUT2D eigenvalue weighted by molar-refractivity contribution is 0.174. The predicted octanol–water partition coefficient (Wildman–Crippen LogP) is 4.05. The smallest absolute Gasteiger partial charge is 0.231 e. The van der Waals surface area contributed by atoms with Gasteiger partial charge in [-0.1, -0.05) is 18.2 Å². The van der Waals surface area contributed by atoms with Crippen LogP contribution in [0.1, 0.15) is 11.3 Å². The molecule has 0 bridgehead atoms. The molecule has 0 saturated heterocycles. The molecule has 2 aromatic carbocycles. The van der Waals surface area contributed by atoms with E-state index in [9.17, 15) is 4.39 Å². The van der Waals surface area contributed by atoms with Crippen molar-refractivity contribution in [1.29, 1.82) is 0 Å². The molecule has 0 spiro atoms. The number of ether oxygens (including phenoxy) is 2. The second-order valence-corrected chi connectivity index (χ2v) is 6.18. The van der Waals surface area contributed by atoms with Gasteiger partial charge in [-0.15, -0.1) is 0 Å². The van der Waals surface area contributed by atoms with E-state index in [0.717, 1.165) is 17.1 Å². The number of halogens is 1. The molecule has 0 aliphatic carbocycles. The van der Waals surface area contributed by atoms with E-state index in [1.54, 1.807) is 12.1 Å². The van der Waals surface area contributed by atoms with Crippen molar-refractivity contribution in [3.63, 3.8) is 0 Å². The van der Waals surface area contributed by atoms with Crippen LogP contribution in [0.25, 0.3) is 0 Å². The zero-order valence-corrected chi connectivity index (χ0v) is 14.8. The lowest BCUT2D eigenvalue weighted by Crippen LogP contribution is -2.10. The van der Waals surface area contributed by atoms with E-state index < -0.39 is 0 Å². The van der Waals surface area contributed by atoms with Crippen LogP contribution in [0.15, 0.2) is 48.5 Å². The molecular formula is C20H19FN4O2. The molecule has 138 valence electrons. The Labute approximate surface area is 156 Å². The first-order chi connectivity index (χ1) is 13.2. The van der Waals surface area contributed by atoms with Crippen molar-refractivity contribution in [2.45, 2.75) is 13.3 Å². The Balaban J connectivity index is 1.43. The summed E-state index contributed by atoms with van der Waals surface area (Å²) in [6.45, 7) is 2.67. The highest BCUT2D eigenvalue weighted by Crippen LogP contribution is 2.35. The lowest BCUT2D eigenvalue weighted by atomic mass is 10.1. The van der Waals surface area contributed by atoms with Crippen LogP contribution in [0.5, 0.6) is 11.5 Å². The average molecular weight is 366 g/mol. The topological polar surface area (TPSA) is 68.3 Å². The monoisotopic (exact) mass is 366 g/mol. The second-order valence-electron chi connectivity index (χ2n) is 6.18. The second kappa shape index (κ2) is 7.49. The molecule has 27 heavy (non-hydrogen) atoms. The van der Waals surface area contributed by atoms with Crippen molar-refractivity contribution in [3.05, 3.63) is 65.6 Å². The van der Waals surface area contributed by atoms with Crippen molar-refractivity contribution in [1.82, 2.24) is 9.97 Å². The minimum atomic E-state index is -0.199. The third-order valence-electron chi connectivity index (χ3n) is 4.13. The summed E-state index contributed by atoms with van der Waals surface area (Å²) in [5, 5.41) is 6.40. The number of rotatable bonds is 6. The lowest BCUT2D eigenvalue weighted by Gasteiger charge is -2.10. The number of aromatic nitrogens is 2. The van der Waals surface area contributed by atoms with Crippen LogP contribution in [0.3, 0.4) is 0 Å². The molecule has 1 aliphatic rings. The Morgan fingerprint density at radius 2 is 1.89 bits per heavy atom. The van der Waals surface area contributed by atoms with Gasteiger partial charge in [0, 0.05) is 30.1 Å². The van der Waals surface area contributed by atoms with Crippen LogP contribution < -0.4 is 20.1 Å². The standard InChI is InChI=1S/C20H19FN4O2/c1-13-10-19(24-15-6-7-17-18(11-15)27-12-26-17)25-20(23-13)22-9-8-14-4-2-3-5-16(14)21/h2-7,10-11H,8-9,12H2,1H3,(H2,22,23,24,25). The largest absolute Gasteiger partial charge is 0.454 e. The van der Waals surface area contributed by atoms with Crippen LogP contribution in [0.2, 0.25) is 0 Å². The number of aryl methyl sites for hydroxylation is 1. The van der Waals surface area contributed by atoms with E-state index in [-0.39, 0.29) is 12.6 Å². The summed E-state index contributed by atoms with van der Waals surface area (Å²) in [4.78, 5) is 8.86. The Morgan fingerprint density at radius 3 is 2.78 bits per heavy atom. The van der Waals surface area contributed by atoms with Gasteiger partial charge in [-0.05, 0) is 37.1 Å². The Bertz CT molecular complexity index is 964. The van der Waals surface area contributed by atoms with Crippen LogP contribution in [-0.4, -0.2) is 23.3 Å². The Hall–Kier alpha value is -3.35. The van der Waals surface area contributed by atoms with Crippen LogP contribution in [0.4, 0.5) is 21.8 Å². The molecule has 0 atom stereocenters. The van der Waals surface area contributed by atoms with Crippen molar-refractivity contribution < 1.29 is 13.9 Å². The molecule has 0 saturated carbocycles. The van der Waals surface area contributed by atoms with Gasteiger partial charge in [-0.25, -0.2) is 9.37 Å². The van der Waals surface area contributed by atoms with Gasteiger partial charge in [0.15, 0.2) is 11.5 Å². The molecule has 2 heterocycles. The molecule has 0 radical (unpaired) electrons. The van der Waals surface area contributed by atoms with Crippen molar-refractivity contribution in [2.75, 3.05) is 24.0 Å². The molecule has 0 unspecified atom stereocenters. The molecule has 1 aliphatic heterocycles. The quantitative estimate of drug-likeness (QED) is 0.686. The third-order valence-corrected chi connectivity index (χ3v) is 4.13. The van der Waals surface area contributed by atoms with E-state index >= 15 is 0 Å². The van der Waals surface area contributed by atoms with Gasteiger partial charge in [0.1, 0.15) is 11.6 Å². The molecule has 6 nitrogen and oxygen atoms in total. The zero-order valence-electron chi connectivity index (χ0n) is 14.8. The summed E-state index contributed by atoms with van der Waals surface area (Å²) >= 11 is 0. The normalized spacial score (nSPS) is 12.1. The molecule has 0 amide bonds. The fourth-order valence-electron chi connectivity index (χ4n) is 2.84. The summed E-state index contributed by atoms with van der Waals surface area (Å²) in [5.41, 5.74) is 2.33. The number of anilines is 3. The van der Waals surface area contributed by atoms with Crippen molar-refractivity contribution in [2.24, 2.45) is 0 Å². The summed E-state index contributed by atoms with van der Waals surface area (Å²) in [7, 11) is 0. The SMILES string of the molecule is Cc1cc(Nc2ccc3c(c2)OCO3)nc(NCCc2ccccc2F)n1. The van der Waals surface area contributed by atoms with Gasteiger partial charge < -0.3 is 20.1 Å². The van der Waals surface area contributed by atoms with Crippen LogP contribution in [0, 0.1) is 12.7 Å². The van der Waals surface area contributed by atoms with E-state index in [1.165, 1.54) is 6.07 Å². The number of nitrogens with zero attached hydrogens (tertiary/aromatic N) is 2. The van der Waals surface area contributed by atoms with E-state index in [2.05, 4.69) is 20.6 Å². The van der Waals surface area contributed by atoms with Crippen molar-refractivity contribution >= 4 is 17.5 Å². The fourth-order valence-corrected chi connectivity index (χ4v) is 2.84. The molecule has 4 rings (SSSR count). The molecular weight excluding hydrogens is 347 g/mol. The molecule has 3 aromatic rings. The van der Waals surface area contributed by atoms with Gasteiger partial charge in [-0.3, -0.25) is 0 Å². The van der Waals surface area contributed by atoms with Crippen molar-refractivity contribution in [3.8, 4) is 11.5 Å². The van der Waals surface area contributed by atoms with Gasteiger partial charge in [-0.2, -0.15) is 4.98 Å². The maximum absolute atomic E-state index is 13.7. The minimum absolute atomic E-state index is 0.199. The molecule has 7 heteroatoms. The number of hydrogen-bond donors (Lipinski definition) is 2. The number of benzene rings is 2. The highest BCUT2D eigenvalue weighted by molar-refractivity contribution is 5.62. The van der Waals surface area contributed by atoms with Gasteiger partial charge >= 0.3 is 0 Å². The highest BCUT2D eigenvalue weighted by Gasteiger charge is 2.13. The van der Waals surface area contributed by atoms with Gasteiger partial charge in [0.2, 0.25) is 12.7 Å². The molecule has 0 fully saturated rings. The first-order valence-electron chi connectivity index (χ1n) is 8.67. The summed E-state index contributed by atoms with van der Waals surface area (Å²) in [5.74, 6) is 2.39. The fraction of sp³-hybridized carbons (Fsp3) is 0.200. The first-order valence-corrected chi connectivity index (χ1v) is 8.67. The maximum Gasteiger partial charge on any atom is 0.231 e. The highest BCUT2D eigenvalue weighted by atomic mass is 19.1.